The molecule has 3 nitrogen and oxygen atoms in total. The Morgan fingerprint density at radius 1 is 1.38 bits per heavy atom. The third-order valence-electron chi connectivity index (χ3n) is 3.34. The third-order valence-corrected chi connectivity index (χ3v) is 4.11. The molecule has 0 fully saturated rings. The van der Waals surface area contributed by atoms with E-state index >= 15 is 0 Å². The van der Waals surface area contributed by atoms with E-state index < -0.39 is 11.6 Å². The molecule has 0 aliphatic heterocycles. The summed E-state index contributed by atoms with van der Waals surface area (Å²) in [4.78, 5) is 5.40. The van der Waals surface area contributed by atoms with Gasteiger partial charge in [0, 0.05) is 35.8 Å². The van der Waals surface area contributed by atoms with Crippen molar-refractivity contribution in [3.63, 3.8) is 0 Å². The molecule has 1 aromatic carbocycles. The second-order valence-electron chi connectivity index (χ2n) is 4.81. The van der Waals surface area contributed by atoms with E-state index in [0.29, 0.717) is 18.5 Å². The van der Waals surface area contributed by atoms with Gasteiger partial charge in [0.25, 0.3) is 0 Å². The summed E-state index contributed by atoms with van der Waals surface area (Å²) in [6, 6.07) is 3.26. The fraction of sp³-hybridized carbons (Fsp3) is 0.267. The molecular weight excluding hydrogens is 292 g/mol. The zero-order valence-electron chi connectivity index (χ0n) is 11.5. The number of rotatable bonds is 5. The van der Waals surface area contributed by atoms with E-state index in [9.17, 15) is 8.78 Å². The maximum atomic E-state index is 14.0. The molecule has 0 spiro atoms. The highest BCUT2D eigenvalue weighted by atomic mass is 32.1. The van der Waals surface area contributed by atoms with E-state index in [4.69, 9.17) is 0 Å². The van der Waals surface area contributed by atoms with Gasteiger partial charge in [-0.2, -0.15) is 0 Å². The minimum absolute atomic E-state index is 0.296. The smallest absolute Gasteiger partial charge is 0.193 e. The Hall–Kier alpha value is -1.79. The molecule has 1 atom stereocenters. The summed E-state index contributed by atoms with van der Waals surface area (Å²) < 4.78 is 29.3. The van der Waals surface area contributed by atoms with Crippen LogP contribution in [0.25, 0.3) is 4.96 Å². The molecule has 3 aromatic rings. The molecule has 3 rings (SSSR count). The molecule has 0 amide bonds. The second kappa shape index (κ2) is 5.91. The van der Waals surface area contributed by atoms with Crippen molar-refractivity contribution in [3.05, 3.63) is 58.9 Å². The maximum absolute atomic E-state index is 14.0. The molecule has 110 valence electrons. The molecule has 0 radical (unpaired) electrons. The van der Waals surface area contributed by atoms with E-state index in [2.05, 4.69) is 10.3 Å². The highest BCUT2D eigenvalue weighted by Crippen LogP contribution is 2.23. The Morgan fingerprint density at radius 2 is 2.24 bits per heavy atom. The minimum Gasteiger partial charge on any atom is -0.310 e. The second-order valence-corrected chi connectivity index (χ2v) is 5.68. The topological polar surface area (TPSA) is 29.3 Å². The summed E-state index contributed by atoms with van der Waals surface area (Å²) >= 11 is 1.55. The van der Waals surface area contributed by atoms with Crippen LogP contribution in [0.5, 0.6) is 0 Å². The number of hydrogen-bond acceptors (Lipinski definition) is 3. The Kier molecular flexibility index (Phi) is 3.98. The monoisotopic (exact) mass is 307 g/mol. The van der Waals surface area contributed by atoms with Crippen LogP contribution in [0.3, 0.4) is 0 Å². The molecule has 1 N–H and O–H groups in total. The number of likely N-dealkylation sites (N-methyl/N-ethyl adjacent to an activating group) is 1. The van der Waals surface area contributed by atoms with Crippen molar-refractivity contribution >= 4 is 16.3 Å². The zero-order valence-corrected chi connectivity index (χ0v) is 12.3. The fourth-order valence-electron chi connectivity index (χ4n) is 2.40. The van der Waals surface area contributed by atoms with Crippen molar-refractivity contribution in [2.75, 3.05) is 6.54 Å². The van der Waals surface area contributed by atoms with Crippen molar-refractivity contribution in [1.82, 2.24) is 14.7 Å². The molecule has 21 heavy (non-hydrogen) atoms. The summed E-state index contributed by atoms with van der Waals surface area (Å²) in [5.41, 5.74) is 1.20. The van der Waals surface area contributed by atoms with Crippen LogP contribution >= 0.6 is 11.3 Å². The normalized spacial score (nSPS) is 12.9. The predicted octanol–water partition coefficient (Wildman–Crippen LogP) is 3.57. The lowest BCUT2D eigenvalue weighted by Gasteiger charge is -2.18. The van der Waals surface area contributed by atoms with Crippen molar-refractivity contribution in [2.24, 2.45) is 0 Å². The maximum Gasteiger partial charge on any atom is 0.193 e. The summed E-state index contributed by atoms with van der Waals surface area (Å²) in [7, 11) is 0. The van der Waals surface area contributed by atoms with Crippen LogP contribution in [-0.2, 0) is 6.42 Å². The third kappa shape index (κ3) is 2.96. The molecule has 0 aliphatic rings. The zero-order chi connectivity index (χ0) is 14.8. The highest BCUT2D eigenvalue weighted by molar-refractivity contribution is 7.15. The van der Waals surface area contributed by atoms with Crippen molar-refractivity contribution in [1.29, 1.82) is 0 Å². The van der Waals surface area contributed by atoms with Gasteiger partial charge in [-0.1, -0.05) is 6.92 Å². The number of halogens is 2. The van der Waals surface area contributed by atoms with Gasteiger partial charge in [-0.15, -0.1) is 11.3 Å². The van der Waals surface area contributed by atoms with E-state index in [1.165, 1.54) is 12.1 Å². The number of benzene rings is 1. The number of nitrogens with one attached hydrogen (secondary N) is 1. The quantitative estimate of drug-likeness (QED) is 0.781. The van der Waals surface area contributed by atoms with Crippen LogP contribution in [0, 0.1) is 11.6 Å². The van der Waals surface area contributed by atoms with Gasteiger partial charge >= 0.3 is 0 Å². The largest absolute Gasteiger partial charge is 0.310 e. The first-order valence-electron chi connectivity index (χ1n) is 6.76. The first-order chi connectivity index (χ1) is 10.2. The lowest BCUT2D eigenvalue weighted by atomic mass is 10.0. The number of imidazole rings is 1. The van der Waals surface area contributed by atoms with Crippen molar-refractivity contribution in [2.45, 2.75) is 19.4 Å². The summed E-state index contributed by atoms with van der Waals surface area (Å²) in [5, 5.41) is 5.16. The average molecular weight is 307 g/mol. The molecule has 0 saturated carbocycles. The van der Waals surface area contributed by atoms with Crippen LogP contribution in [0.4, 0.5) is 8.78 Å². The van der Waals surface area contributed by atoms with Crippen LogP contribution in [0.15, 0.2) is 36.0 Å². The van der Waals surface area contributed by atoms with Gasteiger partial charge in [-0.05, 0) is 24.7 Å². The SMILES string of the molecule is CCNC(Cc1cn2ccsc2n1)c1cc(F)ccc1F. The Balaban J connectivity index is 1.90. The summed E-state index contributed by atoms with van der Waals surface area (Å²) in [6.45, 7) is 2.61. The van der Waals surface area contributed by atoms with E-state index in [1.807, 2.05) is 29.1 Å². The van der Waals surface area contributed by atoms with E-state index in [0.717, 1.165) is 16.7 Å². The number of fused-ring (bicyclic) bond motifs is 1. The fourth-order valence-corrected chi connectivity index (χ4v) is 3.12. The molecular formula is C15H15F2N3S. The number of thiazole rings is 1. The van der Waals surface area contributed by atoms with Crippen LogP contribution < -0.4 is 5.32 Å². The van der Waals surface area contributed by atoms with Crippen molar-refractivity contribution in [3.8, 4) is 0 Å². The molecule has 0 bridgehead atoms. The first kappa shape index (κ1) is 14.2. The molecule has 6 heteroatoms. The number of nitrogens with zero attached hydrogens (tertiary/aromatic N) is 2. The van der Waals surface area contributed by atoms with Gasteiger partial charge in [0.15, 0.2) is 4.96 Å². The molecule has 1 unspecified atom stereocenters. The minimum atomic E-state index is -0.430. The van der Waals surface area contributed by atoms with Crippen molar-refractivity contribution < 1.29 is 8.78 Å². The molecule has 0 saturated heterocycles. The highest BCUT2D eigenvalue weighted by Gasteiger charge is 2.18. The predicted molar refractivity (Wildman–Crippen MR) is 79.5 cm³/mol. The number of hydrogen-bond donors (Lipinski definition) is 1. The summed E-state index contributed by atoms with van der Waals surface area (Å²) in [5.74, 6) is -0.830. The Labute approximate surface area is 125 Å². The van der Waals surface area contributed by atoms with Crippen LogP contribution in [0.1, 0.15) is 24.2 Å². The average Bonchev–Trinajstić information content (AvgIpc) is 3.02. The van der Waals surface area contributed by atoms with Crippen LogP contribution in [0.2, 0.25) is 0 Å². The van der Waals surface area contributed by atoms with Gasteiger partial charge in [-0.3, -0.25) is 4.40 Å². The van der Waals surface area contributed by atoms with Gasteiger partial charge < -0.3 is 5.32 Å². The molecule has 2 aromatic heterocycles. The number of aromatic nitrogens is 2. The van der Waals surface area contributed by atoms with Gasteiger partial charge in [-0.25, -0.2) is 13.8 Å². The Morgan fingerprint density at radius 3 is 3.00 bits per heavy atom. The van der Waals surface area contributed by atoms with E-state index in [-0.39, 0.29) is 6.04 Å². The van der Waals surface area contributed by atoms with Crippen LogP contribution in [-0.4, -0.2) is 15.9 Å². The van der Waals surface area contributed by atoms with Gasteiger partial charge in [0.05, 0.1) is 5.69 Å². The van der Waals surface area contributed by atoms with Gasteiger partial charge in [0.2, 0.25) is 0 Å². The van der Waals surface area contributed by atoms with Gasteiger partial charge in [0.1, 0.15) is 11.6 Å². The molecule has 0 aliphatic carbocycles. The summed E-state index contributed by atoms with van der Waals surface area (Å²) in [6.07, 6.45) is 4.37. The lowest BCUT2D eigenvalue weighted by Crippen LogP contribution is -2.24. The first-order valence-corrected chi connectivity index (χ1v) is 7.64. The standard InChI is InChI=1S/C15H15F2N3S/c1-2-18-14(12-7-10(16)3-4-13(12)17)8-11-9-20-5-6-21-15(20)19-11/h3-7,9,14,18H,2,8H2,1H3. The van der Waals surface area contributed by atoms with E-state index in [1.54, 1.807) is 11.3 Å². The molecule has 2 heterocycles. The lowest BCUT2D eigenvalue weighted by molar-refractivity contribution is 0.499. The Bertz CT molecular complexity index is 722.